The van der Waals surface area contributed by atoms with E-state index in [1.54, 1.807) is 6.07 Å². The van der Waals surface area contributed by atoms with E-state index in [2.05, 4.69) is 20.8 Å². The summed E-state index contributed by atoms with van der Waals surface area (Å²) in [5.41, 5.74) is 0.709. The van der Waals surface area contributed by atoms with Gasteiger partial charge in [-0.1, -0.05) is 28.1 Å². The summed E-state index contributed by atoms with van der Waals surface area (Å²) >= 11 is 3.58. The lowest BCUT2D eigenvalue weighted by atomic mass is 10.2. The predicted molar refractivity (Wildman–Crippen MR) is 65.6 cm³/mol. The Kier molecular flexibility index (Phi) is 3.82. The first-order valence-electron chi connectivity index (χ1n) is 5.38. The molecule has 0 amide bonds. The second-order valence-corrected chi connectivity index (χ2v) is 5.35. The Morgan fingerprint density at radius 3 is 3.00 bits per heavy atom. The maximum atomic E-state index is 13.9. The zero-order valence-electron chi connectivity index (χ0n) is 9.25. The van der Waals surface area contributed by atoms with E-state index in [0.717, 1.165) is 19.5 Å². The number of rotatable bonds is 3. The lowest BCUT2D eigenvalue weighted by Gasteiger charge is -2.16. The van der Waals surface area contributed by atoms with Gasteiger partial charge in [0.1, 0.15) is 0 Å². The molecule has 4 heteroatoms. The molecular formula is C12H15BrFNO. The highest BCUT2D eigenvalue weighted by atomic mass is 79.9. The van der Waals surface area contributed by atoms with Crippen molar-refractivity contribution < 1.29 is 9.13 Å². The van der Waals surface area contributed by atoms with Crippen molar-refractivity contribution in [3.63, 3.8) is 0 Å². The minimum Gasteiger partial charge on any atom is -0.494 e. The number of likely N-dealkylation sites (tertiary alicyclic amines) is 1. The largest absolute Gasteiger partial charge is 0.494 e. The van der Waals surface area contributed by atoms with Crippen LogP contribution in [0.1, 0.15) is 12.0 Å². The summed E-state index contributed by atoms with van der Waals surface area (Å²) in [4.78, 5) is 2.79. The van der Waals surface area contributed by atoms with Crippen LogP contribution in [0.2, 0.25) is 0 Å². The number of nitrogens with zero attached hydrogens (tertiary/aromatic N) is 1. The zero-order chi connectivity index (χ0) is 11.5. The smallest absolute Gasteiger partial charge is 0.169 e. The molecule has 0 spiro atoms. The molecule has 2 nitrogen and oxygen atoms in total. The number of hydrogen-bond acceptors (Lipinski definition) is 2. The standard InChI is InChI=1S/C12H15BrFNO/c1-16-11-4-2-3-9(12(11)14)7-15-6-5-10(13)8-15/h2-4,10H,5-8H2,1H3. The van der Waals surface area contributed by atoms with Gasteiger partial charge >= 0.3 is 0 Å². The van der Waals surface area contributed by atoms with Crippen LogP contribution in [-0.4, -0.2) is 29.9 Å². The van der Waals surface area contributed by atoms with Gasteiger partial charge in [-0.2, -0.15) is 0 Å². The Bertz CT molecular complexity index is 372. The molecule has 0 saturated carbocycles. The summed E-state index contributed by atoms with van der Waals surface area (Å²) in [5.74, 6) is 0.0927. The minimum atomic E-state index is -0.233. The van der Waals surface area contributed by atoms with Crippen LogP contribution >= 0.6 is 15.9 Å². The predicted octanol–water partition coefficient (Wildman–Crippen LogP) is 2.80. The van der Waals surface area contributed by atoms with Crippen LogP contribution in [0.25, 0.3) is 0 Å². The molecule has 0 bridgehead atoms. The zero-order valence-corrected chi connectivity index (χ0v) is 10.8. The Labute approximate surface area is 104 Å². The van der Waals surface area contributed by atoms with Gasteiger partial charge in [0.25, 0.3) is 0 Å². The summed E-state index contributed by atoms with van der Waals surface area (Å²) < 4.78 is 18.8. The van der Waals surface area contributed by atoms with Gasteiger partial charge in [0, 0.05) is 23.5 Å². The first kappa shape index (κ1) is 11.9. The SMILES string of the molecule is COc1cccc(CN2CCC(Br)C2)c1F. The Morgan fingerprint density at radius 2 is 2.38 bits per heavy atom. The maximum Gasteiger partial charge on any atom is 0.169 e. The highest BCUT2D eigenvalue weighted by Crippen LogP contribution is 2.24. The Hall–Kier alpha value is -0.610. The second-order valence-electron chi connectivity index (χ2n) is 4.05. The van der Waals surface area contributed by atoms with Crippen molar-refractivity contribution in [3.05, 3.63) is 29.6 Å². The molecule has 0 aromatic heterocycles. The van der Waals surface area contributed by atoms with E-state index in [-0.39, 0.29) is 5.82 Å². The highest BCUT2D eigenvalue weighted by molar-refractivity contribution is 9.09. The van der Waals surface area contributed by atoms with Crippen molar-refractivity contribution in [1.82, 2.24) is 4.90 Å². The van der Waals surface area contributed by atoms with Crippen LogP contribution in [0.3, 0.4) is 0 Å². The molecule has 1 heterocycles. The Balaban J connectivity index is 2.09. The second kappa shape index (κ2) is 5.15. The van der Waals surface area contributed by atoms with E-state index < -0.39 is 0 Å². The molecule has 1 aromatic carbocycles. The number of hydrogen-bond donors (Lipinski definition) is 0. The van der Waals surface area contributed by atoms with Gasteiger partial charge in [-0.15, -0.1) is 0 Å². The fourth-order valence-corrected chi connectivity index (χ4v) is 2.62. The van der Waals surface area contributed by atoms with Crippen LogP contribution in [0.5, 0.6) is 5.75 Å². The first-order chi connectivity index (χ1) is 7.70. The first-order valence-corrected chi connectivity index (χ1v) is 6.30. The van der Waals surface area contributed by atoms with Crippen LogP contribution < -0.4 is 4.74 Å². The molecule has 0 radical (unpaired) electrons. The van der Waals surface area contributed by atoms with Crippen LogP contribution in [0.15, 0.2) is 18.2 Å². The van der Waals surface area contributed by atoms with Crippen LogP contribution in [0, 0.1) is 5.82 Å². The van der Waals surface area contributed by atoms with E-state index in [4.69, 9.17) is 4.74 Å². The fourth-order valence-electron chi connectivity index (χ4n) is 2.01. The lowest BCUT2D eigenvalue weighted by molar-refractivity contribution is 0.321. The molecule has 1 saturated heterocycles. The maximum absolute atomic E-state index is 13.9. The molecular weight excluding hydrogens is 273 g/mol. The third-order valence-corrected chi connectivity index (χ3v) is 3.62. The molecule has 1 aromatic rings. The summed E-state index contributed by atoms with van der Waals surface area (Å²) in [6.45, 7) is 2.66. The normalized spacial score (nSPS) is 21.3. The number of alkyl halides is 1. The number of halogens is 2. The molecule has 1 fully saturated rings. The molecule has 0 N–H and O–H groups in total. The van der Waals surface area contributed by atoms with Crippen LogP contribution in [0.4, 0.5) is 4.39 Å². The molecule has 1 atom stereocenters. The van der Waals surface area contributed by atoms with Gasteiger partial charge in [-0.25, -0.2) is 4.39 Å². The molecule has 2 rings (SSSR count). The average molecular weight is 288 g/mol. The average Bonchev–Trinajstić information content (AvgIpc) is 2.67. The molecule has 1 unspecified atom stereocenters. The topological polar surface area (TPSA) is 12.5 Å². The summed E-state index contributed by atoms with van der Waals surface area (Å²) in [6.07, 6.45) is 1.13. The molecule has 1 aliphatic heterocycles. The molecule has 88 valence electrons. The van der Waals surface area contributed by atoms with E-state index >= 15 is 0 Å². The third kappa shape index (κ3) is 2.55. The fraction of sp³-hybridized carbons (Fsp3) is 0.500. The van der Waals surface area contributed by atoms with Crippen molar-refractivity contribution in [3.8, 4) is 5.75 Å². The summed E-state index contributed by atoms with van der Waals surface area (Å²) in [6, 6.07) is 5.30. The number of benzene rings is 1. The van der Waals surface area contributed by atoms with Gasteiger partial charge in [0.2, 0.25) is 0 Å². The van der Waals surface area contributed by atoms with Crippen molar-refractivity contribution in [1.29, 1.82) is 0 Å². The van der Waals surface area contributed by atoms with Gasteiger partial charge in [0.15, 0.2) is 11.6 Å². The summed E-state index contributed by atoms with van der Waals surface area (Å²) in [7, 11) is 1.49. The van der Waals surface area contributed by atoms with Gasteiger partial charge in [0.05, 0.1) is 7.11 Å². The van der Waals surface area contributed by atoms with Crippen LogP contribution in [-0.2, 0) is 6.54 Å². The van der Waals surface area contributed by atoms with E-state index in [1.165, 1.54) is 7.11 Å². The van der Waals surface area contributed by atoms with Crippen molar-refractivity contribution in [2.24, 2.45) is 0 Å². The minimum absolute atomic E-state index is 0.233. The van der Waals surface area contributed by atoms with Gasteiger partial charge in [-0.05, 0) is 19.0 Å². The van der Waals surface area contributed by atoms with E-state index in [9.17, 15) is 4.39 Å². The van der Waals surface area contributed by atoms with Crippen molar-refractivity contribution in [2.75, 3.05) is 20.2 Å². The number of methoxy groups -OCH3 is 1. The van der Waals surface area contributed by atoms with E-state index in [0.29, 0.717) is 22.7 Å². The number of ether oxygens (including phenoxy) is 1. The molecule has 16 heavy (non-hydrogen) atoms. The van der Waals surface area contributed by atoms with Gasteiger partial charge < -0.3 is 4.74 Å². The van der Waals surface area contributed by atoms with Gasteiger partial charge in [-0.3, -0.25) is 4.90 Å². The highest BCUT2D eigenvalue weighted by Gasteiger charge is 2.21. The molecule has 1 aliphatic rings. The quantitative estimate of drug-likeness (QED) is 0.793. The lowest BCUT2D eigenvalue weighted by Crippen LogP contribution is -2.20. The van der Waals surface area contributed by atoms with Crippen molar-refractivity contribution >= 4 is 15.9 Å². The summed E-state index contributed by atoms with van der Waals surface area (Å²) in [5, 5.41) is 0. The van der Waals surface area contributed by atoms with Crippen molar-refractivity contribution in [2.45, 2.75) is 17.8 Å². The molecule has 0 aliphatic carbocycles. The third-order valence-electron chi connectivity index (χ3n) is 2.87. The monoisotopic (exact) mass is 287 g/mol. The Morgan fingerprint density at radius 1 is 1.56 bits per heavy atom. The van der Waals surface area contributed by atoms with E-state index in [1.807, 2.05) is 12.1 Å².